The molecule has 2 aromatic rings. The van der Waals surface area contributed by atoms with E-state index in [0.29, 0.717) is 17.7 Å². The first kappa shape index (κ1) is 11.2. The van der Waals surface area contributed by atoms with Crippen molar-refractivity contribution in [3.63, 3.8) is 0 Å². The summed E-state index contributed by atoms with van der Waals surface area (Å²) in [6, 6.07) is 6.65. The lowest BCUT2D eigenvalue weighted by Crippen LogP contribution is -1.81. The normalized spacial score (nSPS) is 9.71. The third-order valence-electron chi connectivity index (χ3n) is 2.17. The highest BCUT2D eigenvalue weighted by Gasteiger charge is 2.08. The summed E-state index contributed by atoms with van der Waals surface area (Å²) in [4.78, 5) is 0. The molecule has 0 aliphatic carbocycles. The highest BCUT2D eigenvalue weighted by atomic mass is 16.5. The number of aliphatic hydroxyl groups excluding tert-OH is 1. The number of nitrogens with zero attached hydrogens (tertiary/aromatic N) is 1. The van der Waals surface area contributed by atoms with E-state index in [0.717, 1.165) is 5.56 Å². The van der Waals surface area contributed by atoms with E-state index in [9.17, 15) is 5.11 Å². The third-order valence-corrected chi connectivity index (χ3v) is 2.17. The van der Waals surface area contributed by atoms with Gasteiger partial charge in [-0.1, -0.05) is 17.0 Å². The summed E-state index contributed by atoms with van der Waals surface area (Å²) >= 11 is 0. The van der Waals surface area contributed by atoms with Gasteiger partial charge in [0.1, 0.15) is 5.75 Å². The van der Waals surface area contributed by atoms with E-state index in [1.54, 1.807) is 24.3 Å². The topological polar surface area (TPSA) is 66.5 Å². The molecule has 0 fully saturated rings. The van der Waals surface area contributed by atoms with Crippen LogP contribution in [0.2, 0.25) is 0 Å². The zero-order valence-electron chi connectivity index (χ0n) is 9.05. The molecule has 0 radical (unpaired) electrons. The molecule has 0 aliphatic heterocycles. The maximum Gasteiger partial charge on any atom is 0.170 e. The molecule has 4 nitrogen and oxygen atoms in total. The second kappa shape index (κ2) is 5.19. The van der Waals surface area contributed by atoms with Crippen LogP contribution in [0.25, 0.3) is 11.3 Å². The number of hydrogen-bond donors (Lipinski definition) is 2. The van der Waals surface area contributed by atoms with Crippen LogP contribution in [0.1, 0.15) is 12.0 Å². The van der Waals surface area contributed by atoms with Gasteiger partial charge in [0.25, 0.3) is 0 Å². The molecule has 0 unspecified atom stereocenters. The van der Waals surface area contributed by atoms with E-state index in [2.05, 4.69) is 17.0 Å². The van der Waals surface area contributed by atoms with E-state index in [-0.39, 0.29) is 12.4 Å². The van der Waals surface area contributed by atoms with Gasteiger partial charge in [0, 0.05) is 18.1 Å². The quantitative estimate of drug-likeness (QED) is 0.770. The summed E-state index contributed by atoms with van der Waals surface area (Å²) in [5.74, 6) is 6.32. The summed E-state index contributed by atoms with van der Waals surface area (Å²) < 4.78 is 4.98. The summed E-state index contributed by atoms with van der Waals surface area (Å²) in [6.07, 6.45) is 1.94. The van der Waals surface area contributed by atoms with Crippen molar-refractivity contribution in [1.29, 1.82) is 0 Å². The molecule has 1 aromatic heterocycles. The van der Waals surface area contributed by atoms with Crippen LogP contribution in [0.15, 0.2) is 35.0 Å². The maximum absolute atomic E-state index is 9.70. The number of aromatic nitrogens is 1. The fourth-order valence-corrected chi connectivity index (χ4v) is 1.39. The van der Waals surface area contributed by atoms with Crippen molar-refractivity contribution in [3.05, 3.63) is 36.0 Å². The van der Waals surface area contributed by atoms with E-state index in [4.69, 9.17) is 9.63 Å². The predicted molar refractivity (Wildman–Crippen MR) is 62.2 cm³/mol. The molecule has 86 valence electrons. The molecule has 1 heterocycles. The summed E-state index contributed by atoms with van der Waals surface area (Å²) in [5, 5.41) is 21.9. The Morgan fingerprint density at radius 3 is 2.88 bits per heavy atom. The Labute approximate surface area is 98.5 Å². The monoisotopic (exact) mass is 229 g/mol. The van der Waals surface area contributed by atoms with Gasteiger partial charge in [0.2, 0.25) is 0 Å². The zero-order chi connectivity index (χ0) is 12.1. The van der Waals surface area contributed by atoms with Crippen molar-refractivity contribution < 1.29 is 14.7 Å². The molecule has 2 N–H and O–H groups in total. The Morgan fingerprint density at radius 2 is 2.18 bits per heavy atom. The van der Waals surface area contributed by atoms with Crippen LogP contribution < -0.4 is 0 Å². The number of phenolic OH excluding ortho intramolecular Hbond substituents is 1. The lowest BCUT2D eigenvalue weighted by atomic mass is 10.1. The number of hydrogen-bond acceptors (Lipinski definition) is 4. The molecule has 0 bridgehead atoms. The molecule has 0 amide bonds. The molecule has 0 atom stereocenters. The number of aromatic hydroxyl groups is 1. The smallest absolute Gasteiger partial charge is 0.170 e. The minimum absolute atomic E-state index is 0.0417. The van der Waals surface area contributed by atoms with Crippen molar-refractivity contribution in [3.8, 4) is 28.9 Å². The fraction of sp³-hybridized carbons (Fsp3) is 0.154. The minimum Gasteiger partial charge on any atom is -0.507 e. The van der Waals surface area contributed by atoms with Crippen LogP contribution in [0, 0.1) is 11.8 Å². The molecule has 4 heteroatoms. The first-order chi connectivity index (χ1) is 8.31. The Kier molecular flexibility index (Phi) is 3.43. The molecule has 2 rings (SSSR count). The van der Waals surface area contributed by atoms with Gasteiger partial charge in [0.05, 0.1) is 18.4 Å². The SMILES string of the molecule is OCCC#Cc1ccc(O)c(-c2ccno2)c1. The third kappa shape index (κ3) is 2.65. The maximum atomic E-state index is 9.70. The molecular formula is C13H11NO3. The predicted octanol–water partition coefficient (Wildman–Crippen LogP) is 1.78. The Bertz CT molecular complexity index is 550. The van der Waals surface area contributed by atoms with Gasteiger partial charge in [-0.3, -0.25) is 0 Å². The van der Waals surface area contributed by atoms with Gasteiger partial charge in [-0.2, -0.15) is 0 Å². The molecule has 1 aromatic carbocycles. The van der Waals surface area contributed by atoms with Crippen molar-refractivity contribution in [2.24, 2.45) is 0 Å². The molecule has 17 heavy (non-hydrogen) atoms. The first-order valence-corrected chi connectivity index (χ1v) is 5.15. The van der Waals surface area contributed by atoms with Crippen LogP contribution in [-0.2, 0) is 0 Å². The number of benzene rings is 1. The number of aliphatic hydroxyl groups is 1. The van der Waals surface area contributed by atoms with E-state index < -0.39 is 0 Å². The molecule has 0 saturated carbocycles. The lowest BCUT2D eigenvalue weighted by Gasteiger charge is -2.00. The number of rotatable bonds is 2. The average molecular weight is 229 g/mol. The highest BCUT2D eigenvalue weighted by molar-refractivity contribution is 5.67. The molecule has 0 spiro atoms. The van der Waals surface area contributed by atoms with Crippen LogP contribution in [0.4, 0.5) is 0 Å². The van der Waals surface area contributed by atoms with Crippen molar-refractivity contribution >= 4 is 0 Å². The second-order valence-electron chi connectivity index (χ2n) is 3.38. The van der Waals surface area contributed by atoms with Crippen LogP contribution in [0.5, 0.6) is 5.75 Å². The van der Waals surface area contributed by atoms with Crippen molar-refractivity contribution in [2.45, 2.75) is 6.42 Å². The standard InChI is InChI=1S/C13H11NO3/c15-8-2-1-3-10-4-5-12(16)11(9-10)13-6-7-14-17-13/h4-7,9,15-16H,2,8H2. The van der Waals surface area contributed by atoms with E-state index >= 15 is 0 Å². The van der Waals surface area contributed by atoms with Gasteiger partial charge in [-0.15, -0.1) is 0 Å². The number of phenols is 1. The van der Waals surface area contributed by atoms with Gasteiger partial charge >= 0.3 is 0 Å². The average Bonchev–Trinajstić information content (AvgIpc) is 2.85. The molecule has 0 saturated heterocycles. The van der Waals surface area contributed by atoms with Crippen LogP contribution in [-0.4, -0.2) is 22.0 Å². The summed E-state index contributed by atoms with van der Waals surface area (Å²) in [6.45, 7) is 0.0417. The fourth-order valence-electron chi connectivity index (χ4n) is 1.39. The summed E-state index contributed by atoms with van der Waals surface area (Å²) in [5.41, 5.74) is 1.31. The Balaban J connectivity index is 2.34. The second-order valence-corrected chi connectivity index (χ2v) is 3.38. The zero-order valence-corrected chi connectivity index (χ0v) is 9.05. The molecule has 0 aliphatic rings. The lowest BCUT2D eigenvalue weighted by molar-refractivity contribution is 0.305. The highest BCUT2D eigenvalue weighted by Crippen LogP contribution is 2.29. The van der Waals surface area contributed by atoms with Crippen molar-refractivity contribution in [1.82, 2.24) is 5.16 Å². The van der Waals surface area contributed by atoms with Gasteiger partial charge in [-0.25, -0.2) is 0 Å². The molecular weight excluding hydrogens is 218 g/mol. The van der Waals surface area contributed by atoms with Gasteiger partial charge < -0.3 is 14.7 Å². The first-order valence-electron chi connectivity index (χ1n) is 5.15. The Hall–Kier alpha value is -2.25. The summed E-state index contributed by atoms with van der Waals surface area (Å²) in [7, 11) is 0. The minimum atomic E-state index is 0.0417. The Morgan fingerprint density at radius 1 is 1.29 bits per heavy atom. The van der Waals surface area contributed by atoms with Crippen molar-refractivity contribution in [2.75, 3.05) is 6.61 Å². The van der Waals surface area contributed by atoms with Crippen LogP contribution >= 0.6 is 0 Å². The largest absolute Gasteiger partial charge is 0.507 e. The van der Waals surface area contributed by atoms with Crippen LogP contribution in [0.3, 0.4) is 0 Å². The van der Waals surface area contributed by atoms with Gasteiger partial charge in [0.15, 0.2) is 5.76 Å². The van der Waals surface area contributed by atoms with E-state index in [1.807, 2.05) is 0 Å². The van der Waals surface area contributed by atoms with E-state index in [1.165, 1.54) is 6.20 Å². The van der Waals surface area contributed by atoms with Gasteiger partial charge in [-0.05, 0) is 18.2 Å².